The fourth-order valence-electron chi connectivity index (χ4n) is 1.02. The van der Waals surface area contributed by atoms with Crippen LogP contribution in [0, 0.1) is 0 Å². The van der Waals surface area contributed by atoms with Crippen molar-refractivity contribution in [3.8, 4) is 0 Å². The highest BCUT2D eigenvalue weighted by molar-refractivity contribution is 6.29. The fraction of sp³-hybridized carbons (Fsp3) is 0. The third-order valence-corrected chi connectivity index (χ3v) is 1.94. The van der Waals surface area contributed by atoms with Gasteiger partial charge < -0.3 is 0 Å². The highest BCUT2D eigenvalue weighted by atomic mass is 35.5. The average molecular weight is 230 g/mol. The molecule has 2 heterocycles. The molecule has 2 aromatic rings. The summed E-state index contributed by atoms with van der Waals surface area (Å²) in [6.45, 7) is 0. The average Bonchev–Trinajstić information content (AvgIpc) is 2.54. The monoisotopic (exact) mass is 229 g/mol. The first-order valence-electron chi connectivity index (χ1n) is 3.86. The summed E-state index contributed by atoms with van der Waals surface area (Å²) in [5.74, 6) is 0. The summed E-state index contributed by atoms with van der Waals surface area (Å²) < 4.78 is 1.73. The summed E-state index contributed by atoms with van der Waals surface area (Å²) >= 11 is 5.87. The number of anilines is 1. The second-order valence-electron chi connectivity index (χ2n) is 2.55. The summed E-state index contributed by atoms with van der Waals surface area (Å²) in [6.07, 6.45) is 5.29. The van der Waals surface area contributed by atoms with E-state index in [1.807, 2.05) is 30.5 Å². The molecule has 74 valence electrons. The van der Waals surface area contributed by atoms with Crippen LogP contribution in [-0.4, -0.2) is 9.66 Å². The van der Waals surface area contributed by atoms with Gasteiger partial charge in [0.1, 0.15) is 5.15 Å². The number of pyridine rings is 1. The number of rotatable bonds is 2. The van der Waals surface area contributed by atoms with Crippen LogP contribution in [0.25, 0.3) is 0 Å². The number of halogens is 2. The van der Waals surface area contributed by atoms with Gasteiger partial charge in [-0.15, -0.1) is 12.4 Å². The maximum Gasteiger partial charge on any atom is 0.128 e. The predicted molar refractivity (Wildman–Crippen MR) is 59.9 cm³/mol. The molecule has 0 atom stereocenters. The quantitative estimate of drug-likeness (QED) is 0.859. The van der Waals surface area contributed by atoms with Crippen molar-refractivity contribution in [1.82, 2.24) is 9.66 Å². The minimum atomic E-state index is 0. The number of hydrogen-bond donors (Lipinski definition) is 1. The summed E-state index contributed by atoms with van der Waals surface area (Å²) in [5.41, 5.74) is 4.05. The third kappa shape index (κ3) is 2.40. The first-order chi connectivity index (χ1) is 6.36. The minimum Gasteiger partial charge on any atom is -0.293 e. The first-order valence-corrected chi connectivity index (χ1v) is 4.24. The van der Waals surface area contributed by atoms with Crippen LogP contribution in [0.3, 0.4) is 0 Å². The highest BCUT2D eigenvalue weighted by Gasteiger charge is 1.95. The number of aromatic nitrogens is 2. The van der Waals surface area contributed by atoms with Gasteiger partial charge in [0.15, 0.2) is 0 Å². The molecule has 1 N–H and O–H groups in total. The van der Waals surface area contributed by atoms with E-state index in [9.17, 15) is 0 Å². The summed E-state index contributed by atoms with van der Waals surface area (Å²) in [7, 11) is 0. The Labute approximate surface area is 93.1 Å². The largest absolute Gasteiger partial charge is 0.293 e. The molecule has 3 nitrogen and oxygen atoms in total. The molecule has 0 unspecified atom stereocenters. The summed E-state index contributed by atoms with van der Waals surface area (Å²) in [4.78, 5) is 3.91. The van der Waals surface area contributed by atoms with Gasteiger partial charge in [0, 0.05) is 18.6 Å². The van der Waals surface area contributed by atoms with E-state index in [0.29, 0.717) is 5.15 Å². The van der Waals surface area contributed by atoms with Gasteiger partial charge in [0.25, 0.3) is 0 Å². The van der Waals surface area contributed by atoms with Crippen LogP contribution >= 0.6 is 24.0 Å². The Balaban J connectivity index is 0.000000980. The molecule has 0 saturated heterocycles. The standard InChI is InChI=1S/C9H8ClN3.ClH/c10-9-2-1-7-13(9)12-8-3-5-11-6-4-8;/h1-7H,(H,11,12);1H. The lowest BCUT2D eigenvalue weighted by Gasteiger charge is -2.07. The SMILES string of the molecule is Cl.Clc1cccn1Nc1ccncc1. The zero-order valence-corrected chi connectivity index (χ0v) is 8.79. The molecule has 0 aliphatic carbocycles. The van der Waals surface area contributed by atoms with E-state index in [-0.39, 0.29) is 12.4 Å². The van der Waals surface area contributed by atoms with E-state index >= 15 is 0 Å². The zero-order valence-electron chi connectivity index (χ0n) is 7.22. The normalized spacial score (nSPS) is 9.21. The van der Waals surface area contributed by atoms with Gasteiger partial charge in [-0.1, -0.05) is 11.6 Å². The van der Waals surface area contributed by atoms with Crippen LogP contribution < -0.4 is 5.43 Å². The molecular weight excluding hydrogens is 221 g/mol. The smallest absolute Gasteiger partial charge is 0.128 e. The lowest BCUT2D eigenvalue weighted by molar-refractivity contribution is 0.970. The molecule has 0 fully saturated rings. The molecule has 0 spiro atoms. The summed E-state index contributed by atoms with van der Waals surface area (Å²) in [5, 5.41) is 0.650. The lowest BCUT2D eigenvalue weighted by Crippen LogP contribution is -2.06. The number of hydrogen-bond acceptors (Lipinski definition) is 2. The molecule has 0 radical (unpaired) electrons. The van der Waals surface area contributed by atoms with E-state index < -0.39 is 0 Å². The Morgan fingerprint density at radius 1 is 1.21 bits per heavy atom. The Bertz CT molecular complexity index is 386. The van der Waals surface area contributed by atoms with Crippen molar-refractivity contribution in [2.24, 2.45) is 0 Å². The minimum absolute atomic E-state index is 0. The molecular formula is C9H9Cl2N3. The van der Waals surface area contributed by atoms with Crippen LogP contribution in [0.5, 0.6) is 0 Å². The van der Waals surface area contributed by atoms with Gasteiger partial charge in [0.05, 0.1) is 5.69 Å². The first kappa shape index (κ1) is 10.9. The predicted octanol–water partition coefficient (Wildman–Crippen LogP) is 2.83. The maximum absolute atomic E-state index is 5.87. The van der Waals surface area contributed by atoms with Crippen LogP contribution in [-0.2, 0) is 0 Å². The van der Waals surface area contributed by atoms with Crippen LogP contribution in [0.4, 0.5) is 5.69 Å². The molecule has 0 bridgehead atoms. The number of nitrogens with zero attached hydrogens (tertiary/aromatic N) is 2. The fourth-order valence-corrected chi connectivity index (χ4v) is 1.19. The molecule has 0 aromatic carbocycles. The van der Waals surface area contributed by atoms with E-state index in [1.165, 1.54) is 0 Å². The lowest BCUT2D eigenvalue weighted by atomic mass is 10.4. The van der Waals surface area contributed by atoms with Crippen molar-refractivity contribution in [2.75, 3.05) is 5.43 Å². The topological polar surface area (TPSA) is 29.9 Å². The molecule has 2 aromatic heterocycles. The molecule has 14 heavy (non-hydrogen) atoms. The van der Waals surface area contributed by atoms with Gasteiger partial charge in [-0.25, -0.2) is 0 Å². The summed E-state index contributed by atoms with van der Waals surface area (Å²) in [6, 6.07) is 7.43. The van der Waals surface area contributed by atoms with Crippen LogP contribution in [0.2, 0.25) is 5.15 Å². The Morgan fingerprint density at radius 2 is 1.93 bits per heavy atom. The molecule has 0 saturated carbocycles. The Morgan fingerprint density at radius 3 is 2.50 bits per heavy atom. The highest BCUT2D eigenvalue weighted by Crippen LogP contribution is 2.11. The van der Waals surface area contributed by atoms with Crippen molar-refractivity contribution in [2.45, 2.75) is 0 Å². The maximum atomic E-state index is 5.87. The van der Waals surface area contributed by atoms with Gasteiger partial charge in [-0.3, -0.25) is 15.1 Å². The molecule has 0 aliphatic rings. The van der Waals surface area contributed by atoms with Gasteiger partial charge in [-0.2, -0.15) is 0 Å². The second kappa shape index (κ2) is 4.88. The van der Waals surface area contributed by atoms with Gasteiger partial charge in [0.2, 0.25) is 0 Å². The molecule has 0 amide bonds. The molecule has 5 heteroatoms. The van der Waals surface area contributed by atoms with Gasteiger partial charge >= 0.3 is 0 Å². The van der Waals surface area contributed by atoms with Crippen molar-refractivity contribution in [1.29, 1.82) is 0 Å². The zero-order chi connectivity index (χ0) is 9.10. The van der Waals surface area contributed by atoms with E-state index in [1.54, 1.807) is 17.1 Å². The van der Waals surface area contributed by atoms with Crippen LogP contribution in [0.15, 0.2) is 42.9 Å². The van der Waals surface area contributed by atoms with Gasteiger partial charge in [-0.05, 0) is 24.3 Å². The van der Waals surface area contributed by atoms with E-state index in [0.717, 1.165) is 5.69 Å². The Hall–Kier alpha value is -1.19. The second-order valence-corrected chi connectivity index (χ2v) is 2.94. The van der Waals surface area contributed by atoms with E-state index in [2.05, 4.69) is 10.4 Å². The molecule has 0 aliphatic heterocycles. The Kier molecular flexibility index (Phi) is 3.80. The molecule has 2 rings (SSSR count). The van der Waals surface area contributed by atoms with Crippen molar-refractivity contribution in [3.63, 3.8) is 0 Å². The number of nitrogens with one attached hydrogen (secondary N) is 1. The van der Waals surface area contributed by atoms with Crippen molar-refractivity contribution < 1.29 is 0 Å². The van der Waals surface area contributed by atoms with Crippen molar-refractivity contribution >= 4 is 29.7 Å². The van der Waals surface area contributed by atoms with E-state index in [4.69, 9.17) is 11.6 Å². The third-order valence-electron chi connectivity index (χ3n) is 1.63. The van der Waals surface area contributed by atoms with Crippen LogP contribution in [0.1, 0.15) is 0 Å². The van der Waals surface area contributed by atoms with Crippen molar-refractivity contribution in [3.05, 3.63) is 48.0 Å².